The molecule has 0 bridgehead atoms. The molecule has 0 radical (unpaired) electrons. The van der Waals surface area contributed by atoms with Crippen LogP contribution in [-0.4, -0.2) is 47.1 Å². The number of anilines is 2. The number of thiazole rings is 1. The van der Waals surface area contributed by atoms with E-state index in [1.165, 1.54) is 49.9 Å². The van der Waals surface area contributed by atoms with E-state index in [-0.39, 0.29) is 0 Å². The van der Waals surface area contributed by atoms with Crippen molar-refractivity contribution in [2.45, 2.75) is 38.1 Å². The van der Waals surface area contributed by atoms with Gasteiger partial charge in [-0.1, -0.05) is 29.9 Å². The average molecular weight is 394 g/mol. The molecule has 2 aromatic heterocycles. The van der Waals surface area contributed by atoms with Crippen molar-refractivity contribution >= 4 is 32.4 Å². The molecular formula is C22H27N5S. The second kappa shape index (κ2) is 7.68. The molecule has 2 saturated heterocycles. The molecule has 1 aromatic carbocycles. The Hall–Kier alpha value is -2.18. The fourth-order valence-electron chi connectivity index (χ4n) is 4.47. The SMILES string of the molecule is Nc1ccc(-c2cc3sc(N4CCC(N5CCCCC5)CC4)nc3cn2)cc1. The number of hydrogen-bond donors (Lipinski definition) is 1. The van der Waals surface area contributed by atoms with E-state index in [9.17, 15) is 0 Å². The van der Waals surface area contributed by atoms with Crippen molar-refractivity contribution in [1.29, 1.82) is 0 Å². The minimum atomic E-state index is 0.768. The van der Waals surface area contributed by atoms with E-state index >= 15 is 0 Å². The fraction of sp³-hybridized carbons (Fsp3) is 0.455. The molecule has 5 rings (SSSR count). The summed E-state index contributed by atoms with van der Waals surface area (Å²) < 4.78 is 1.20. The van der Waals surface area contributed by atoms with Crippen molar-refractivity contribution in [3.05, 3.63) is 36.5 Å². The van der Waals surface area contributed by atoms with Crippen LogP contribution in [0.1, 0.15) is 32.1 Å². The van der Waals surface area contributed by atoms with Crippen molar-refractivity contribution < 1.29 is 0 Å². The van der Waals surface area contributed by atoms with Gasteiger partial charge in [-0.15, -0.1) is 0 Å². The highest BCUT2D eigenvalue weighted by molar-refractivity contribution is 7.22. The van der Waals surface area contributed by atoms with Gasteiger partial charge in [-0.05, 0) is 57.0 Å². The molecule has 0 spiro atoms. The molecule has 28 heavy (non-hydrogen) atoms. The second-order valence-corrected chi connectivity index (χ2v) is 8.98. The molecule has 3 aromatic rings. The summed E-state index contributed by atoms with van der Waals surface area (Å²) in [6, 6.07) is 10.8. The number of hydrogen-bond acceptors (Lipinski definition) is 6. The van der Waals surface area contributed by atoms with E-state index in [4.69, 9.17) is 10.7 Å². The van der Waals surface area contributed by atoms with Gasteiger partial charge in [0.15, 0.2) is 5.13 Å². The van der Waals surface area contributed by atoms with Gasteiger partial charge in [0, 0.05) is 30.4 Å². The minimum absolute atomic E-state index is 0.768. The van der Waals surface area contributed by atoms with Crippen LogP contribution in [-0.2, 0) is 0 Å². The molecule has 2 aliphatic heterocycles. The Morgan fingerprint density at radius 2 is 1.71 bits per heavy atom. The molecular weight excluding hydrogens is 366 g/mol. The van der Waals surface area contributed by atoms with E-state index in [2.05, 4.69) is 20.9 Å². The molecule has 6 heteroatoms. The monoisotopic (exact) mass is 393 g/mol. The highest BCUT2D eigenvalue weighted by atomic mass is 32.1. The normalized spacial score (nSPS) is 19.4. The minimum Gasteiger partial charge on any atom is -0.399 e. The van der Waals surface area contributed by atoms with Crippen LogP contribution in [0.4, 0.5) is 10.8 Å². The number of piperidine rings is 2. The Morgan fingerprint density at radius 3 is 2.46 bits per heavy atom. The quantitative estimate of drug-likeness (QED) is 0.669. The molecule has 2 aliphatic rings. The molecule has 0 saturated carbocycles. The first-order valence-electron chi connectivity index (χ1n) is 10.4. The lowest BCUT2D eigenvalue weighted by Gasteiger charge is -2.40. The summed E-state index contributed by atoms with van der Waals surface area (Å²) in [4.78, 5) is 14.7. The first kappa shape index (κ1) is 17.9. The molecule has 146 valence electrons. The molecule has 2 fully saturated rings. The molecule has 0 amide bonds. The second-order valence-electron chi connectivity index (χ2n) is 7.97. The maximum absolute atomic E-state index is 5.80. The zero-order valence-corrected chi connectivity index (χ0v) is 17.0. The highest BCUT2D eigenvalue weighted by Gasteiger charge is 2.26. The lowest BCUT2D eigenvalue weighted by molar-refractivity contribution is 0.141. The molecule has 0 aliphatic carbocycles. The average Bonchev–Trinajstić information content (AvgIpc) is 3.18. The smallest absolute Gasteiger partial charge is 0.186 e. The Kier molecular flexibility index (Phi) is 4.91. The summed E-state index contributed by atoms with van der Waals surface area (Å²) >= 11 is 1.79. The number of nitrogen functional groups attached to an aromatic ring is 1. The summed E-state index contributed by atoms with van der Waals surface area (Å²) in [5, 5.41) is 1.14. The molecule has 5 nitrogen and oxygen atoms in total. The fourth-order valence-corrected chi connectivity index (χ4v) is 5.50. The van der Waals surface area contributed by atoms with Gasteiger partial charge in [0.2, 0.25) is 0 Å². The number of likely N-dealkylation sites (tertiary alicyclic amines) is 1. The summed E-state index contributed by atoms with van der Waals surface area (Å²) in [7, 11) is 0. The van der Waals surface area contributed by atoms with Crippen LogP contribution in [0.3, 0.4) is 0 Å². The van der Waals surface area contributed by atoms with E-state index in [1.54, 1.807) is 11.3 Å². The van der Waals surface area contributed by atoms with Gasteiger partial charge >= 0.3 is 0 Å². The van der Waals surface area contributed by atoms with Crippen LogP contribution in [0.25, 0.3) is 21.5 Å². The van der Waals surface area contributed by atoms with Crippen LogP contribution in [0.2, 0.25) is 0 Å². The topological polar surface area (TPSA) is 58.3 Å². The summed E-state index contributed by atoms with van der Waals surface area (Å²) in [6.45, 7) is 4.81. The van der Waals surface area contributed by atoms with Gasteiger partial charge in [0.25, 0.3) is 0 Å². The number of nitrogens with zero attached hydrogens (tertiary/aromatic N) is 4. The number of rotatable bonds is 3. The van der Waals surface area contributed by atoms with Crippen LogP contribution in [0, 0.1) is 0 Å². The van der Waals surface area contributed by atoms with Crippen molar-refractivity contribution in [1.82, 2.24) is 14.9 Å². The third-order valence-electron chi connectivity index (χ3n) is 6.11. The zero-order chi connectivity index (χ0) is 18.9. The van der Waals surface area contributed by atoms with Crippen LogP contribution < -0.4 is 10.6 Å². The standard InChI is InChI=1S/C22H27N5S/c23-17-6-4-16(5-7-17)19-14-21-20(15-24-19)25-22(28-21)27-12-8-18(9-13-27)26-10-2-1-3-11-26/h4-7,14-15,18H,1-3,8-13,23H2. The largest absolute Gasteiger partial charge is 0.399 e. The van der Waals surface area contributed by atoms with Crippen molar-refractivity contribution in [3.8, 4) is 11.3 Å². The summed E-state index contributed by atoms with van der Waals surface area (Å²) in [5.74, 6) is 0. The summed E-state index contributed by atoms with van der Waals surface area (Å²) in [5.41, 5.74) is 9.64. The van der Waals surface area contributed by atoms with E-state index < -0.39 is 0 Å². The lowest BCUT2D eigenvalue weighted by Crippen LogP contribution is -2.46. The zero-order valence-electron chi connectivity index (χ0n) is 16.2. The first-order valence-corrected chi connectivity index (χ1v) is 11.2. The predicted molar refractivity (Wildman–Crippen MR) is 118 cm³/mol. The van der Waals surface area contributed by atoms with Gasteiger partial charge in [-0.3, -0.25) is 4.98 Å². The Bertz CT molecular complexity index is 937. The summed E-state index contributed by atoms with van der Waals surface area (Å²) in [6.07, 6.45) is 8.58. The van der Waals surface area contributed by atoms with Gasteiger partial charge in [-0.25, -0.2) is 4.98 Å². The van der Waals surface area contributed by atoms with E-state index in [0.29, 0.717) is 0 Å². The van der Waals surface area contributed by atoms with Gasteiger partial charge in [-0.2, -0.15) is 0 Å². The molecule has 0 atom stereocenters. The number of aromatic nitrogens is 2. The third-order valence-corrected chi connectivity index (χ3v) is 7.19. The third kappa shape index (κ3) is 3.59. The Morgan fingerprint density at radius 1 is 0.964 bits per heavy atom. The highest BCUT2D eigenvalue weighted by Crippen LogP contribution is 2.33. The number of benzene rings is 1. The van der Waals surface area contributed by atoms with Crippen molar-refractivity contribution in [3.63, 3.8) is 0 Å². The molecule has 2 N–H and O–H groups in total. The molecule has 0 unspecified atom stereocenters. The van der Waals surface area contributed by atoms with Crippen LogP contribution in [0.5, 0.6) is 0 Å². The molecule has 4 heterocycles. The number of nitrogens with two attached hydrogens (primary N) is 1. The van der Waals surface area contributed by atoms with Crippen molar-refractivity contribution in [2.24, 2.45) is 0 Å². The van der Waals surface area contributed by atoms with Crippen LogP contribution in [0.15, 0.2) is 36.5 Å². The van der Waals surface area contributed by atoms with E-state index in [0.717, 1.165) is 46.7 Å². The number of pyridine rings is 1. The number of fused-ring (bicyclic) bond motifs is 1. The van der Waals surface area contributed by atoms with Crippen molar-refractivity contribution in [2.75, 3.05) is 36.8 Å². The Labute approximate surface area is 170 Å². The Balaban J connectivity index is 1.31. The lowest BCUT2D eigenvalue weighted by atomic mass is 10.0. The first-order chi connectivity index (χ1) is 13.8. The van der Waals surface area contributed by atoms with Gasteiger partial charge in [0.1, 0.15) is 5.52 Å². The predicted octanol–water partition coefficient (Wildman–Crippen LogP) is 4.40. The van der Waals surface area contributed by atoms with Gasteiger partial charge in [0.05, 0.1) is 16.6 Å². The van der Waals surface area contributed by atoms with Gasteiger partial charge < -0.3 is 15.5 Å². The van der Waals surface area contributed by atoms with E-state index in [1.807, 2.05) is 30.5 Å². The maximum atomic E-state index is 5.80. The maximum Gasteiger partial charge on any atom is 0.186 e. The van der Waals surface area contributed by atoms with Crippen LogP contribution >= 0.6 is 11.3 Å².